The minimum absolute atomic E-state index is 0.259. The number of halogens is 1. The summed E-state index contributed by atoms with van der Waals surface area (Å²) in [5, 5.41) is 3.18. The third-order valence-electron chi connectivity index (χ3n) is 2.22. The number of hydrogen-bond acceptors (Lipinski definition) is 4. The summed E-state index contributed by atoms with van der Waals surface area (Å²) in [5.41, 5.74) is 6.47. The lowest BCUT2D eigenvalue weighted by Crippen LogP contribution is -2.28. The van der Waals surface area contributed by atoms with Crippen LogP contribution in [0.4, 0.5) is 5.69 Å². The van der Waals surface area contributed by atoms with Crippen LogP contribution in [0.3, 0.4) is 0 Å². The van der Waals surface area contributed by atoms with E-state index in [1.165, 1.54) is 6.07 Å². The van der Waals surface area contributed by atoms with Gasteiger partial charge >= 0.3 is 0 Å². The highest BCUT2D eigenvalue weighted by Gasteiger charge is 2.09. The topological polar surface area (TPSA) is 73.6 Å². The SMILES string of the molecule is COCCOCCNC(=O)c1cc(Cl)ccc1N. The number of nitrogens with two attached hydrogens (primary N) is 1. The van der Waals surface area contributed by atoms with Crippen LogP contribution in [0.1, 0.15) is 10.4 Å². The van der Waals surface area contributed by atoms with Crippen LogP contribution in [0, 0.1) is 0 Å². The summed E-state index contributed by atoms with van der Waals surface area (Å²) in [7, 11) is 1.60. The van der Waals surface area contributed by atoms with Crippen LogP contribution in [0.5, 0.6) is 0 Å². The standard InChI is InChI=1S/C12H17ClN2O3/c1-17-6-7-18-5-4-15-12(16)10-8-9(13)2-3-11(10)14/h2-3,8H,4-7,14H2,1H3,(H,15,16). The Morgan fingerprint density at radius 3 is 2.89 bits per heavy atom. The van der Waals surface area contributed by atoms with Crippen molar-refractivity contribution in [1.82, 2.24) is 5.32 Å². The van der Waals surface area contributed by atoms with Gasteiger partial charge in [-0.05, 0) is 18.2 Å². The van der Waals surface area contributed by atoms with Gasteiger partial charge in [-0.3, -0.25) is 4.79 Å². The van der Waals surface area contributed by atoms with Crippen molar-refractivity contribution in [3.8, 4) is 0 Å². The molecule has 0 spiro atoms. The monoisotopic (exact) mass is 272 g/mol. The van der Waals surface area contributed by atoms with E-state index in [1.54, 1.807) is 19.2 Å². The maximum atomic E-state index is 11.8. The minimum atomic E-state index is -0.259. The fraction of sp³-hybridized carbons (Fsp3) is 0.417. The lowest BCUT2D eigenvalue weighted by Gasteiger charge is -2.08. The van der Waals surface area contributed by atoms with Gasteiger partial charge in [-0.1, -0.05) is 11.6 Å². The van der Waals surface area contributed by atoms with E-state index in [0.29, 0.717) is 42.6 Å². The molecular formula is C12H17ClN2O3. The average Bonchev–Trinajstić information content (AvgIpc) is 2.36. The molecule has 6 heteroatoms. The second-order valence-corrected chi connectivity index (χ2v) is 4.03. The molecule has 5 nitrogen and oxygen atoms in total. The van der Waals surface area contributed by atoms with Gasteiger partial charge in [-0.15, -0.1) is 0 Å². The van der Waals surface area contributed by atoms with E-state index in [-0.39, 0.29) is 5.91 Å². The summed E-state index contributed by atoms with van der Waals surface area (Å²) >= 11 is 5.81. The number of ether oxygens (including phenoxy) is 2. The number of benzene rings is 1. The number of carbonyl (C=O) groups excluding carboxylic acids is 1. The molecule has 0 heterocycles. The molecule has 1 amide bonds. The molecular weight excluding hydrogens is 256 g/mol. The predicted molar refractivity (Wildman–Crippen MR) is 70.9 cm³/mol. The first-order valence-electron chi connectivity index (χ1n) is 5.55. The Morgan fingerprint density at radius 2 is 2.17 bits per heavy atom. The zero-order valence-corrected chi connectivity index (χ0v) is 11.0. The van der Waals surface area contributed by atoms with Crippen LogP contribution >= 0.6 is 11.6 Å². The van der Waals surface area contributed by atoms with E-state index in [0.717, 1.165) is 0 Å². The Balaban J connectivity index is 2.34. The van der Waals surface area contributed by atoms with Crippen LogP contribution in [0.25, 0.3) is 0 Å². The van der Waals surface area contributed by atoms with E-state index in [4.69, 9.17) is 26.8 Å². The fourth-order valence-electron chi connectivity index (χ4n) is 1.30. The summed E-state index contributed by atoms with van der Waals surface area (Å²) < 4.78 is 10.0. The zero-order valence-electron chi connectivity index (χ0n) is 10.2. The molecule has 0 radical (unpaired) electrons. The first-order valence-corrected chi connectivity index (χ1v) is 5.93. The number of anilines is 1. The number of rotatable bonds is 7. The summed E-state index contributed by atoms with van der Waals surface area (Å²) in [6, 6.07) is 4.78. The van der Waals surface area contributed by atoms with Gasteiger partial charge in [-0.25, -0.2) is 0 Å². The van der Waals surface area contributed by atoms with Crippen molar-refractivity contribution in [2.24, 2.45) is 0 Å². The van der Waals surface area contributed by atoms with Crippen molar-refractivity contribution in [2.75, 3.05) is 39.2 Å². The summed E-state index contributed by atoms with van der Waals surface area (Å²) in [6.07, 6.45) is 0. The van der Waals surface area contributed by atoms with Gasteiger partial charge in [0.05, 0.1) is 25.4 Å². The molecule has 0 bridgehead atoms. The quantitative estimate of drug-likeness (QED) is 0.580. The highest BCUT2D eigenvalue weighted by molar-refractivity contribution is 6.31. The largest absolute Gasteiger partial charge is 0.398 e. The van der Waals surface area contributed by atoms with E-state index >= 15 is 0 Å². The lowest BCUT2D eigenvalue weighted by molar-refractivity contribution is 0.0693. The Kier molecular flexibility index (Phi) is 6.49. The molecule has 0 fully saturated rings. The smallest absolute Gasteiger partial charge is 0.253 e. The molecule has 0 aliphatic heterocycles. The van der Waals surface area contributed by atoms with Crippen molar-refractivity contribution in [1.29, 1.82) is 0 Å². The van der Waals surface area contributed by atoms with E-state index in [1.807, 2.05) is 0 Å². The number of nitrogen functional groups attached to an aromatic ring is 1. The molecule has 0 aliphatic carbocycles. The summed E-state index contributed by atoms with van der Waals surface area (Å²) in [4.78, 5) is 11.8. The number of nitrogens with one attached hydrogen (secondary N) is 1. The van der Waals surface area contributed by atoms with Crippen molar-refractivity contribution >= 4 is 23.2 Å². The average molecular weight is 273 g/mol. The summed E-state index contributed by atoms with van der Waals surface area (Å²) in [5.74, 6) is -0.259. The molecule has 0 atom stereocenters. The third-order valence-corrected chi connectivity index (χ3v) is 2.46. The molecule has 0 aromatic heterocycles. The van der Waals surface area contributed by atoms with Gasteiger partial charge in [-0.2, -0.15) is 0 Å². The number of methoxy groups -OCH3 is 1. The predicted octanol–water partition coefficient (Wildman–Crippen LogP) is 1.31. The van der Waals surface area contributed by atoms with Crippen LogP contribution in [0.2, 0.25) is 5.02 Å². The van der Waals surface area contributed by atoms with Crippen LogP contribution < -0.4 is 11.1 Å². The Hall–Kier alpha value is -1.30. The number of hydrogen-bond donors (Lipinski definition) is 2. The number of carbonyl (C=O) groups is 1. The van der Waals surface area contributed by atoms with Gasteiger partial charge in [0, 0.05) is 24.4 Å². The van der Waals surface area contributed by atoms with E-state index in [9.17, 15) is 4.79 Å². The maximum Gasteiger partial charge on any atom is 0.253 e. The first kappa shape index (κ1) is 14.8. The molecule has 1 aromatic carbocycles. The highest BCUT2D eigenvalue weighted by atomic mass is 35.5. The first-order chi connectivity index (χ1) is 8.65. The highest BCUT2D eigenvalue weighted by Crippen LogP contribution is 2.17. The fourth-order valence-corrected chi connectivity index (χ4v) is 1.47. The van der Waals surface area contributed by atoms with Gasteiger partial charge in [0.2, 0.25) is 0 Å². The normalized spacial score (nSPS) is 10.3. The molecule has 0 aliphatic rings. The molecule has 0 unspecified atom stereocenters. The van der Waals surface area contributed by atoms with Crippen LogP contribution in [-0.2, 0) is 9.47 Å². The van der Waals surface area contributed by atoms with Crippen LogP contribution in [0.15, 0.2) is 18.2 Å². The van der Waals surface area contributed by atoms with Crippen molar-refractivity contribution in [3.63, 3.8) is 0 Å². The van der Waals surface area contributed by atoms with Gasteiger partial charge in [0.25, 0.3) is 5.91 Å². The Morgan fingerprint density at radius 1 is 1.39 bits per heavy atom. The zero-order chi connectivity index (χ0) is 13.4. The molecule has 0 saturated heterocycles. The molecule has 0 saturated carbocycles. The number of amides is 1. The minimum Gasteiger partial charge on any atom is -0.398 e. The van der Waals surface area contributed by atoms with Crippen molar-refractivity contribution in [2.45, 2.75) is 0 Å². The van der Waals surface area contributed by atoms with E-state index < -0.39 is 0 Å². The van der Waals surface area contributed by atoms with E-state index in [2.05, 4.69) is 5.32 Å². The maximum absolute atomic E-state index is 11.8. The molecule has 100 valence electrons. The second-order valence-electron chi connectivity index (χ2n) is 3.59. The van der Waals surface area contributed by atoms with Crippen molar-refractivity contribution in [3.05, 3.63) is 28.8 Å². The van der Waals surface area contributed by atoms with Gasteiger partial charge in [0.15, 0.2) is 0 Å². The molecule has 1 rings (SSSR count). The second kappa shape index (κ2) is 7.92. The van der Waals surface area contributed by atoms with Crippen LogP contribution in [-0.4, -0.2) is 39.4 Å². The summed E-state index contributed by atoms with van der Waals surface area (Å²) in [6.45, 7) is 1.88. The molecule has 1 aromatic rings. The van der Waals surface area contributed by atoms with Gasteiger partial charge < -0.3 is 20.5 Å². The lowest BCUT2D eigenvalue weighted by atomic mass is 10.1. The van der Waals surface area contributed by atoms with Gasteiger partial charge in [0.1, 0.15) is 0 Å². The molecule has 18 heavy (non-hydrogen) atoms. The Bertz CT molecular complexity index is 399. The van der Waals surface area contributed by atoms with Crippen molar-refractivity contribution < 1.29 is 14.3 Å². The third kappa shape index (κ3) is 4.91. The Labute approximate surface area is 111 Å². The molecule has 3 N–H and O–H groups in total.